The zero-order chi connectivity index (χ0) is 18.9. The Morgan fingerprint density at radius 2 is 2.12 bits per heavy atom. The number of carbonyl (C=O) groups excluding carboxylic acids is 2. The minimum atomic E-state index is -1.65. The third kappa shape index (κ3) is 3.31. The Balaban J connectivity index is 1.86. The Kier molecular flexibility index (Phi) is 5.00. The second kappa shape index (κ2) is 7.07. The molecule has 0 unspecified atom stereocenters. The quantitative estimate of drug-likeness (QED) is 0.775. The predicted molar refractivity (Wildman–Crippen MR) is 102 cm³/mol. The fraction of sp³-hybridized carbons (Fsp3) is 0.316. The van der Waals surface area contributed by atoms with Gasteiger partial charge in [-0.25, -0.2) is 4.98 Å². The molecule has 0 aliphatic carbocycles. The summed E-state index contributed by atoms with van der Waals surface area (Å²) in [5.74, 6) is -0.0567. The van der Waals surface area contributed by atoms with Gasteiger partial charge in [0, 0.05) is 23.3 Å². The van der Waals surface area contributed by atoms with E-state index < -0.39 is 17.4 Å². The van der Waals surface area contributed by atoms with Crippen LogP contribution in [0.2, 0.25) is 0 Å². The number of carbonyl (C=O) groups is 2. The molecular weight excluding hydrogens is 398 g/mol. The lowest BCUT2D eigenvalue weighted by molar-refractivity contribution is -0.148. The molecule has 0 radical (unpaired) electrons. The lowest BCUT2D eigenvalue weighted by Gasteiger charge is -2.40. The van der Waals surface area contributed by atoms with Crippen LogP contribution in [-0.2, 0) is 16.1 Å². The second-order valence-electron chi connectivity index (χ2n) is 6.54. The molecule has 6 nitrogen and oxygen atoms in total. The first-order valence-electron chi connectivity index (χ1n) is 8.33. The van der Waals surface area contributed by atoms with Gasteiger partial charge in [0.2, 0.25) is 0 Å². The summed E-state index contributed by atoms with van der Waals surface area (Å²) in [4.78, 5) is 31.7. The van der Waals surface area contributed by atoms with E-state index in [4.69, 9.17) is 4.74 Å². The van der Waals surface area contributed by atoms with Crippen molar-refractivity contribution in [2.45, 2.75) is 39.0 Å². The van der Waals surface area contributed by atoms with Gasteiger partial charge in [0.15, 0.2) is 11.6 Å². The number of aromatic nitrogens is 1. The van der Waals surface area contributed by atoms with Gasteiger partial charge >= 0.3 is 0 Å². The van der Waals surface area contributed by atoms with Crippen molar-refractivity contribution >= 4 is 33.6 Å². The van der Waals surface area contributed by atoms with Crippen molar-refractivity contribution in [2.75, 3.05) is 4.90 Å². The molecule has 0 spiro atoms. The van der Waals surface area contributed by atoms with Gasteiger partial charge in [0.05, 0.1) is 0 Å². The number of pyridine rings is 1. The minimum absolute atomic E-state index is 0.155. The van der Waals surface area contributed by atoms with Crippen LogP contribution in [-0.4, -0.2) is 28.4 Å². The summed E-state index contributed by atoms with van der Waals surface area (Å²) in [5, 5.41) is 2.80. The molecule has 0 bridgehead atoms. The van der Waals surface area contributed by atoms with E-state index >= 15 is 0 Å². The highest BCUT2D eigenvalue weighted by atomic mass is 79.9. The predicted octanol–water partition coefficient (Wildman–Crippen LogP) is 3.05. The summed E-state index contributed by atoms with van der Waals surface area (Å²) in [6, 6.07) is 10.9. The smallest absolute Gasteiger partial charge is 0.282 e. The van der Waals surface area contributed by atoms with E-state index in [1.54, 1.807) is 18.3 Å². The number of nitrogens with zero attached hydrogens (tertiary/aromatic N) is 2. The minimum Gasteiger partial charge on any atom is -0.464 e. The zero-order valence-corrected chi connectivity index (χ0v) is 16.4. The van der Waals surface area contributed by atoms with E-state index in [0.717, 1.165) is 10.0 Å². The first kappa shape index (κ1) is 18.4. The summed E-state index contributed by atoms with van der Waals surface area (Å²) >= 11 is 3.40. The van der Waals surface area contributed by atoms with Crippen molar-refractivity contribution in [2.24, 2.45) is 0 Å². The van der Waals surface area contributed by atoms with Crippen molar-refractivity contribution in [1.29, 1.82) is 0 Å². The summed E-state index contributed by atoms with van der Waals surface area (Å²) in [7, 11) is 0. The lowest BCUT2D eigenvalue weighted by atomic mass is 9.99. The molecule has 1 aliphatic heterocycles. The summed E-state index contributed by atoms with van der Waals surface area (Å²) in [6.07, 6.45) is 1.60. The fourth-order valence-electron chi connectivity index (χ4n) is 2.85. The number of hydrogen-bond donors (Lipinski definition) is 1. The third-order valence-electron chi connectivity index (χ3n) is 4.21. The van der Waals surface area contributed by atoms with Gasteiger partial charge in [-0.05, 0) is 50.6 Å². The lowest BCUT2D eigenvalue weighted by Crippen LogP contribution is -2.63. The standard InChI is InChI=1S/C19H20BrN3O3/c1-12(2)23-16-15(8-5-9-21-16)26-19(3,18(23)25)17(24)22-11-13-6-4-7-14(20)10-13/h4-10,12H,11H2,1-3H3,(H,22,24)/t19-/m1/s1. The van der Waals surface area contributed by atoms with Crippen molar-refractivity contribution in [3.63, 3.8) is 0 Å². The number of nitrogens with one attached hydrogen (secondary N) is 1. The molecule has 0 saturated heterocycles. The van der Waals surface area contributed by atoms with E-state index in [0.29, 0.717) is 18.1 Å². The van der Waals surface area contributed by atoms with Gasteiger partial charge in [0.25, 0.3) is 17.4 Å². The monoisotopic (exact) mass is 417 g/mol. The second-order valence-corrected chi connectivity index (χ2v) is 7.46. The normalized spacial score (nSPS) is 19.1. The average molecular weight is 418 g/mol. The number of ether oxygens (including phenoxy) is 1. The van der Waals surface area contributed by atoms with Crippen molar-refractivity contribution < 1.29 is 14.3 Å². The van der Waals surface area contributed by atoms with Crippen LogP contribution in [0.15, 0.2) is 47.1 Å². The SMILES string of the molecule is CC(C)N1C(=O)[C@@](C)(C(=O)NCc2cccc(Br)c2)Oc2cccnc21. The number of anilines is 1. The number of amides is 2. The van der Waals surface area contributed by atoms with Gasteiger partial charge in [-0.15, -0.1) is 0 Å². The Hall–Kier alpha value is -2.41. The van der Waals surface area contributed by atoms with Crippen molar-refractivity contribution in [3.05, 3.63) is 52.6 Å². The largest absolute Gasteiger partial charge is 0.464 e. The van der Waals surface area contributed by atoms with Gasteiger partial charge in [-0.1, -0.05) is 28.1 Å². The van der Waals surface area contributed by atoms with E-state index in [9.17, 15) is 9.59 Å². The third-order valence-corrected chi connectivity index (χ3v) is 4.71. The first-order valence-corrected chi connectivity index (χ1v) is 9.12. The molecule has 2 amide bonds. The van der Waals surface area contributed by atoms with Crippen LogP contribution < -0.4 is 15.0 Å². The number of hydrogen-bond acceptors (Lipinski definition) is 4. The molecule has 3 rings (SSSR count). The number of halogens is 1. The van der Waals surface area contributed by atoms with E-state index in [1.165, 1.54) is 11.8 Å². The molecule has 1 atom stereocenters. The molecular formula is C19H20BrN3O3. The number of fused-ring (bicyclic) bond motifs is 1. The Morgan fingerprint density at radius 3 is 2.81 bits per heavy atom. The maximum atomic E-state index is 13.1. The van der Waals surface area contributed by atoms with Gasteiger partial charge in [-0.2, -0.15) is 0 Å². The molecule has 26 heavy (non-hydrogen) atoms. The summed E-state index contributed by atoms with van der Waals surface area (Å²) in [5.41, 5.74) is -0.728. The van der Waals surface area contributed by atoms with Gasteiger partial charge in [0.1, 0.15) is 0 Å². The van der Waals surface area contributed by atoms with Crippen molar-refractivity contribution in [1.82, 2.24) is 10.3 Å². The first-order chi connectivity index (χ1) is 12.3. The Bertz CT molecular complexity index is 855. The van der Waals surface area contributed by atoms with Gasteiger partial charge < -0.3 is 10.1 Å². The highest BCUT2D eigenvalue weighted by Gasteiger charge is 2.51. The van der Waals surface area contributed by atoms with Gasteiger partial charge in [-0.3, -0.25) is 14.5 Å². The van der Waals surface area contributed by atoms with Crippen LogP contribution in [0.4, 0.5) is 5.82 Å². The molecule has 136 valence electrons. The maximum absolute atomic E-state index is 13.1. The van der Waals surface area contributed by atoms with Crippen molar-refractivity contribution in [3.8, 4) is 5.75 Å². The summed E-state index contributed by atoms with van der Waals surface area (Å²) in [6.45, 7) is 5.55. The molecule has 1 aromatic heterocycles. The van der Waals surface area contributed by atoms with Crippen LogP contribution in [0.3, 0.4) is 0 Å². The highest BCUT2D eigenvalue weighted by molar-refractivity contribution is 9.10. The van der Waals surface area contributed by atoms with Crippen LogP contribution in [0.25, 0.3) is 0 Å². The number of benzene rings is 1. The molecule has 2 aromatic rings. The zero-order valence-electron chi connectivity index (χ0n) is 14.8. The topological polar surface area (TPSA) is 71.5 Å². The molecule has 7 heteroatoms. The molecule has 2 heterocycles. The highest BCUT2D eigenvalue weighted by Crippen LogP contribution is 2.37. The van der Waals surface area contributed by atoms with Crippen LogP contribution in [0.5, 0.6) is 5.75 Å². The molecule has 0 fully saturated rings. The molecule has 1 N–H and O–H groups in total. The van der Waals surface area contributed by atoms with Crippen LogP contribution in [0, 0.1) is 0 Å². The van der Waals surface area contributed by atoms with Crippen LogP contribution >= 0.6 is 15.9 Å². The van der Waals surface area contributed by atoms with Crippen LogP contribution in [0.1, 0.15) is 26.3 Å². The maximum Gasteiger partial charge on any atom is 0.282 e. The Morgan fingerprint density at radius 1 is 1.35 bits per heavy atom. The average Bonchev–Trinajstić information content (AvgIpc) is 2.60. The van der Waals surface area contributed by atoms with E-state index in [-0.39, 0.29) is 6.04 Å². The molecule has 1 aliphatic rings. The Labute approximate surface area is 160 Å². The summed E-state index contributed by atoms with van der Waals surface area (Å²) < 4.78 is 6.73. The molecule has 1 aromatic carbocycles. The van der Waals surface area contributed by atoms with E-state index in [1.807, 2.05) is 38.1 Å². The number of rotatable bonds is 4. The van der Waals surface area contributed by atoms with E-state index in [2.05, 4.69) is 26.2 Å². The molecule has 0 saturated carbocycles. The fourth-order valence-corrected chi connectivity index (χ4v) is 3.30.